The molecule has 0 aliphatic rings. The summed E-state index contributed by atoms with van der Waals surface area (Å²) in [7, 11) is 0. The molecule has 40 heavy (non-hydrogen) atoms. The molecule has 0 spiro atoms. The molecule has 0 unspecified atom stereocenters. The number of amides is 1. The average Bonchev–Trinajstić information content (AvgIpc) is 3.35. The third-order valence-electron chi connectivity index (χ3n) is 5.79. The number of anilines is 3. The van der Waals surface area contributed by atoms with E-state index in [1.165, 1.54) is 17.0 Å². The maximum atomic E-state index is 13.6. The van der Waals surface area contributed by atoms with Crippen molar-refractivity contribution in [3.05, 3.63) is 108 Å². The van der Waals surface area contributed by atoms with Crippen LogP contribution in [0.3, 0.4) is 0 Å². The summed E-state index contributed by atoms with van der Waals surface area (Å²) in [5.74, 6) is -0.295. The zero-order valence-electron chi connectivity index (χ0n) is 22.0. The van der Waals surface area contributed by atoms with Crippen LogP contribution in [-0.4, -0.2) is 32.1 Å². The molecular formula is C29H26F3N7O. The molecule has 204 valence electrons. The number of nitrogens with zero attached hydrogens (tertiary/aromatic N) is 5. The summed E-state index contributed by atoms with van der Waals surface area (Å²) >= 11 is 0. The molecule has 11 heteroatoms. The highest BCUT2D eigenvalue weighted by Crippen LogP contribution is 2.33. The number of nitrogens with one attached hydrogen (secondary N) is 2. The minimum atomic E-state index is -4.61. The lowest BCUT2D eigenvalue weighted by molar-refractivity contribution is -0.137. The fourth-order valence-corrected chi connectivity index (χ4v) is 3.83. The number of hydrogen-bond donors (Lipinski definition) is 2. The van der Waals surface area contributed by atoms with Crippen molar-refractivity contribution in [3.8, 4) is 5.69 Å². The molecule has 4 rings (SSSR count). The minimum absolute atomic E-state index is 0.00794. The quantitative estimate of drug-likeness (QED) is 0.185. The fraction of sp³-hybridized carbons (Fsp3) is 0.138. The second-order valence-corrected chi connectivity index (χ2v) is 8.83. The van der Waals surface area contributed by atoms with Gasteiger partial charge in [-0.05, 0) is 69.5 Å². The van der Waals surface area contributed by atoms with Gasteiger partial charge in [0, 0.05) is 46.8 Å². The van der Waals surface area contributed by atoms with Crippen LogP contribution in [0.1, 0.15) is 39.8 Å². The lowest BCUT2D eigenvalue weighted by Crippen LogP contribution is -2.14. The highest BCUT2D eigenvalue weighted by molar-refractivity contribution is 6.05. The molecule has 0 aliphatic heterocycles. The normalized spacial score (nSPS) is 12.0. The zero-order valence-corrected chi connectivity index (χ0v) is 22.0. The lowest BCUT2D eigenvalue weighted by atomic mass is 10.1. The zero-order chi connectivity index (χ0) is 28.9. The third kappa shape index (κ3) is 6.68. The van der Waals surface area contributed by atoms with Gasteiger partial charge in [0.05, 0.1) is 23.3 Å². The van der Waals surface area contributed by atoms with Gasteiger partial charge in [0.25, 0.3) is 5.91 Å². The molecular weight excluding hydrogens is 519 g/mol. The molecule has 0 aliphatic carbocycles. The number of hydrogen-bond acceptors (Lipinski definition) is 6. The molecule has 2 N–H and O–H groups in total. The van der Waals surface area contributed by atoms with Gasteiger partial charge in [0.2, 0.25) is 5.95 Å². The Labute approximate surface area is 229 Å². The number of carbonyl (C=O) groups excluding carboxylic acids is 1. The monoisotopic (exact) mass is 545 g/mol. The van der Waals surface area contributed by atoms with Crippen molar-refractivity contribution in [1.29, 1.82) is 0 Å². The van der Waals surface area contributed by atoms with Crippen molar-refractivity contribution >= 4 is 35.5 Å². The topological polar surface area (TPSA) is 97.1 Å². The first-order valence-corrected chi connectivity index (χ1v) is 12.1. The summed E-state index contributed by atoms with van der Waals surface area (Å²) in [6.45, 7) is 8.93. The Morgan fingerprint density at radius 2 is 1.90 bits per heavy atom. The second-order valence-electron chi connectivity index (χ2n) is 8.83. The Morgan fingerprint density at radius 3 is 2.58 bits per heavy atom. The van der Waals surface area contributed by atoms with Gasteiger partial charge in [-0.2, -0.15) is 13.2 Å². The molecule has 2 aromatic heterocycles. The number of benzene rings is 2. The van der Waals surface area contributed by atoms with Crippen LogP contribution in [0.15, 0.2) is 84.5 Å². The van der Waals surface area contributed by atoms with E-state index >= 15 is 0 Å². The highest BCUT2D eigenvalue weighted by Gasteiger charge is 2.31. The van der Waals surface area contributed by atoms with Crippen LogP contribution in [0.25, 0.3) is 11.3 Å². The van der Waals surface area contributed by atoms with Crippen LogP contribution in [0.4, 0.5) is 30.5 Å². The van der Waals surface area contributed by atoms with E-state index in [-0.39, 0.29) is 22.9 Å². The van der Waals surface area contributed by atoms with Crippen molar-refractivity contribution in [2.75, 3.05) is 10.6 Å². The van der Waals surface area contributed by atoms with E-state index in [1.807, 2.05) is 26.0 Å². The smallest absolute Gasteiger partial charge is 0.324 e. The first-order valence-electron chi connectivity index (χ1n) is 12.1. The van der Waals surface area contributed by atoms with E-state index < -0.39 is 17.6 Å². The van der Waals surface area contributed by atoms with E-state index in [0.717, 1.165) is 23.3 Å². The van der Waals surface area contributed by atoms with Crippen molar-refractivity contribution in [1.82, 2.24) is 19.5 Å². The number of rotatable bonds is 8. The van der Waals surface area contributed by atoms with Gasteiger partial charge in [-0.25, -0.2) is 15.0 Å². The van der Waals surface area contributed by atoms with E-state index in [9.17, 15) is 18.0 Å². The van der Waals surface area contributed by atoms with Crippen LogP contribution in [0.2, 0.25) is 0 Å². The third-order valence-corrected chi connectivity index (χ3v) is 5.79. The summed E-state index contributed by atoms with van der Waals surface area (Å²) in [5.41, 5.74) is 2.89. The fourth-order valence-electron chi connectivity index (χ4n) is 3.83. The van der Waals surface area contributed by atoms with E-state index in [0.29, 0.717) is 17.1 Å². The summed E-state index contributed by atoms with van der Waals surface area (Å²) < 4.78 is 42.3. The van der Waals surface area contributed by atoms with E-state index in [4.69, 9.17) is 0 Å². The van der Waals surface area contributed by atoms with Crippen molar-refractivity contribution in [2.24, 2.45) is 4.99 Å². The molecule has 0 saturated carbocycles. The number of carbonyl (C=O) groups is 1. The van der Waals surface area contributed by atoms with Crippen LogP contribution < -0.4 is 10.6 Å². The molecule has 2 aromatic carbocycles. The average molecular weight is 546 g/mol. The minimum Gasteiger partial charge on any atom is -0.324 e. The summed E-state index contributed by atoms with van der Waals surface area (Å²) in [6, 6.07) is 9.97. The lowest BCUT2D eigenvalue weighted by Gasteiger charge is -2.14. The van der Waals surface area contributed by atoms with Crippen molar-refractivity contribution in [2.45, 2.75) is 26.9 Å². The molecule has 0 atom stereocenters. The van der Waals surface area contributed by atoms with Crippen LogP contribution >= 0.6 is 0 Å². The summed E-state index contributed by atoms with van der Waals surface area (Å²) in [4.78, 5) is 29.8. The molecule has 2 heterocycles. The van der Waals surface area contributed by atoms with E-state index in [2.05, 4.69) is 37.3 Å². The standard InChI is InChI=1S/C29H26F3N7O/c1-5-6-21(15-33-4)25-9-10-34-28(37-25)38-26-11-20(8-7-18(26)2)27(40)36-23-12-22(29(30,31)32)13-24(14-23)39-16-19(3)35-17-39/h5-17H,4H2,1-3H3,(H,36,40)(H,34,37,38)/b6-5-,21-15+. The molecule has 0 bridgehead atoms. The number of imidazole rings is 1. The molecule has 0 radical (unpaired) electrons. The van der Waals surface area contributed by atoms with Crippen LogP contribution in [-0.2, 0) is 6.18 Å². The van der Waals surface area contributed by atoms with Gasteiger partial charge in [0.15, 0.2) is 0 Å². The van der Waals surface area contributed by atoms with Gasteiger partial charge < -0.3 is 15.2 Å². The van der Waals surface area contributed by atoms with Gasteiger partial charge in [-0.1, -0.05) is 18.2 Å². The summed E-state index contributed by atoms with van der Waals surface area (Å²) in [5, 5.41) is 5.70. The van der Waals surface area contributed by atoms with Crippen molar-refractivity contribution < 1.29 is 18.0 Å². The van der Waals surface area contributed by atoms with Gasteiger partial charge >= 0.3 is 6.18 Å². The van der Waals surface area contributed by atoms with Gasteiger partial charge in [-0.3, -0.25) is 9.79 Å². The molecule has 0 fully saturated rings. The van der Waals surface area contributed by atoms with Crippen molar-refractivity contribution in [3.63, 3.8) is 0 Å². The predicted octanol–water partition coefficient (Wildman–Crippen LogP) is 6.91. The number of aliphatic imine (C=N–C) groups is 1. The summed E-state index contributed by atoms with van der Waals surface area (Å²) in [6.07, 6.45) is 5.26. The van der Waals surface area contributed by atoms with Gasteiger partial charge in [0.1, 0.15) is 0 Å². The Morgan fingerprint density at radius 1 is 1.10 bits per heavy atom. The first kappa shape index (κ1) is 28.0. The number of allylic oxidation sites excluding steroid dienone is 3. The van der Waals surface area contributed by atoms with Gasteiger partial charge in [-0.15, -0.1) is 0 Å². The number of aromatic nitrogens is 4. The first-order chi connectivity index (χ1) is 19.1. The Bertz CT molecular complexity index is 1620. The molecule has 4 aromatic rings. The predicted molar refractivity (Wildman–Crippen MR) is 150 cm³/mol. The molecule has 1 amide bonds. The number of aryl methyl sites for hydroxylation is 2. The molecule has 8 nitrogen and oxygen atoms in total. The van der Waals surface area contributed by atoms with E-state index in [1.54, 1.807) is 49.8 Å². The SMILES string of the molecule is C=N/C=C(\C=C/C)c1ccnc(Nc2cc(C(=O)Nc3cc(-n4cnc(C)c4)cc(C(F)(F)F)c3)ccc2C)n1. The van der Waals surface area contributed by atoms with Crippen LogP contribution in [0, 0.1) is 13.8 Å². The Kier molecular flexibility index (Phi) is 8.23. The number of alkyl halides is 3. The highest BCUT2D eigenvalue weighted by atomic mass is 19.4. The second kappa shape index (κ2) is 11.8. The van der Waals surface area contributed by atoms with Crippen LogP contribution in [0.5, 0.6) is 0 Å². The Balaban J connectivity index is 1.61. The maximum Gasteiger partial charge on any atom is 0.416 e. The maximum absolute atomic E-state index is 13.6. The Hall–Kier alpha value is -5.06. The largest absolute Gasteiger partial charge is 0.416 e. The number of halogens is 3. The molecule has 0 saturated heterocycles.